The quantitative estimate of drug-likeness (QED) is 0.254. The van der Waals surface area contributed by atoms with Gasteiger partial charge < -0.3 is 24.4 Å². The average Bonchev–Trinajstić information content (AvgIpc) is 3.26. The summed E-state index contributed by atoms with van der Waals surface area (Å²) in [5.41, 5.74) is 4.61. The van der Waals surface area contributed by atoms with Crippen LogP contribution in [-0.4, -0.2) is 57.0 Å². The number of aromatic amines is 1. The number of benzene rings is 3. The van der Waals surface area contributed by atoms with Gasteiger partial charge in [-0.05, 0) is 71.5 Å². The molecule has 39 heavy (non-hydrogen) atoms. The van der Waals surface area contributed by atoms with Crippen LogP contribution in [0.4, 0.5) is 0 Å². The maximum absolute atomic E-state index is 12.9. The molecule has 4 rings (SSSR count). The number of aryl methyl sites for hydroxylation is 1. The van der Waals surface area contributed by atoms with E-state index in [-0.39, 0.29) is 32.2 Å². The minimum atomic E-state index is -0.791. The average molecular weight is 534 g/mol. The molecule has 3 aromatic carbocycles. The summed E-state index contributed by atoms with van der Waals surface area (Å²) in [6.45, 7) is 2.87. The lowest BCUT2D eigenvalue weighted by molar-refractivity contribution is 0.0710. The molecule has 0 unspecified atom stereocenters. The molecule has 0 bridgehead atoms. The number of carbonyl (C=O) groups is 1. The van der Waals surface area contributed by atoms with Crippen molar-refractivity contribution in [1.82, 2.24) is 14.6 Å². The minimum absolute atomic E-state index is 0.0179. The van der Waals surface area contributed by atoms with Gasteiger partial charge in [0.15, 0.2) is 0 Å². The second-order valence-corrected chi connectivity index (χ2v) is 9.10. The Morgan fingerprint density at radius 1 is 0.974 bits per heavy atom. The van der Waals surface area contributed by atoms with Crippen molar-refractivity contribution in [3.05, 3.63) is 110 Å². The Bertz CT molecular complexity index is 1520. The number of ether oxygens (including phenoxy) is 1. The summed E-state index contributed by atoms with van der Waals surface area (Å²) >= 11 is 0. The zero-order valence-electron chi connectivity index (χ0n) is 21.6. The third-order valence-electron chi connectivity index (χ3n) is 6.24. The van der Waals surface area contributed by atoms with Crippen molar-refractivity contribution in [2.45, 2.75) is 26.5 Å². The second kappa shape index (κ2) is 12.9. The van der Waals surface area contributed by atoms with Crippen LogP contribution in [0.1, 0.15) is 33.5 Å². The third kappa shape index (κ3) is 7.13. The van der Waals surface area contributed by atoms with E-state index in [0.29, 0.717) is 30.9 Å². The van der Waals surface area contributed by atoms with Gasteiger partial charge in [0, 0.05) is 25.3 Å². The molecule has 0 atom stereocenters. The highest BCUT2D eigenvalue weighted by Gasteiger charge is 2.16. The predicted molar refractivity (Wildman–Crippen MR) is 145 cm³/mol. The second-order valence-electron chi connectivity index (χ2n) is 9.10. The van der Waals surface area contributed by atoms with Gasteiger partial charge in [-0.3, -0.25) is 4.79 Å². The van der Waals surface area contributed by atoms with Gasteiger partial charge in [0.2, 0.25) is 0 Å². The molecule has 0 aliphatic rings. The molecule has 3 N–H and O–H groups in total. The number of rotatable bonds is 12. The van der Waals surface area contributed by atoms with Crippen LogP contribution in [0.3, 0.4) is 0 Å². The molecule has 1 aromatic heterocycles. The zero-order valence-corrected chi connectivity index (χ0v) is 21.6. The molecule has 4 aromatic rings. The first-order valence-corrected chi connectivity index (χ1v) is 12.6. The van der Waals surface area contributed by atoms with Crippen molar-refractivity contribution < 1.29 is 24.3 Å². The van der Waals surface area contributed by atoms with Crippen molar-refractivity contribution in [3.8, 4) is 16.9 Å². The molecule has 1 amide bonds. The maximum Gasteiger partial charge on any atom is 0.440 e. The molecular formula is C29H31N3O7. The van der Waals surface area contributed by atoms with E-state index in [1.165, 1.54) is 0 Å². The highest BCUT2D eigenvalue weighted by atomic mass is 16.5. The zero-order chi connectivity index (χ0) is 27.8. The number of nitrogens with zero attached hydrogens (tertiary/aromatic N) is 2. The van der Waals surface area contributed by atoms with Crippen LogP contribution in [-0.2, 0) is 13.2 Å². The van der Waals surface area contributed by atoms with E-state index in [9.17, 15) is 19.5 Å². The van der Waals surface area contributed by atoms with Crippen molar-refractivity contribution in [3.63, 3.8) is 0 Å². The number of nitrogens with one attached hydrogen (secondary N) is 1. The molecule has 0 aliphatic carbocycles. The van der Waals surface area contributed by atoms with Gasteiger partial charge in [0.1, 0.15) is 12.4 Å². The van der Waals surface area contributed by atoms with E-state index in [2.05, 4.69) is 0 Å². The number of carbonyl (C=O) groups excluding carboxylic acids is 1. The van der Waals surface area contributed by atoms with Gasteiger partial charge in [0.25, 0.3) is 5.91 Å². The molecule has 0 radical (unpaired) electrons. The van der Waals surface area contributed by atoms with E-state index in [0.717, 1.165) is 32.6 Å². The fraction of sp³-hybridized carbons (Fsp3) is 0.276. The summed E-state index contributed by atoms with van der Waals surface area (Å²) in [6, 6.07) is 20.7. The molecular weight excluding hydrogens is 502 g/mol. The lowest BCUT2D eigenvalue weighted by Gasteiger charge is -2.22. The summed E-state index contributed by atoms with van der Waals surface area (Å²) in [7, 11) is 0. The molecule has 0 saturated carbocycles. The topological polar surface area (TPSA) is 138 Å². The largest absolute Gasteiger partial charge is 0.489 e. The van der Waals surface area contributed by atoms with E-state index in [1.807, 2.05) is 48.3 Å². The number of hydrogen-bond donors (Lipinski definition) is 3. The molecule has 0 aliphatic heterocycles. The van der Waals surface area contributed by atoms with E-state index >= 15 is 0 Å². The van der Waals surface area contributed by atoms with E-state index in [1.54, 1.807) is 35.2 Å². The van der Waals surface area contributed by atoms with Crippen molar-refractivity contribution in [2.75, 3.05) is 26.3 Å². The van der Waals surface area contributed by atoms with E-state index < -0.39 is 11.4 Å². The summed E-state index contributed by atoms with van der Waals surface area (Å²) < 4.78 is 11.7. The molecule has 0 saturated heterocycles. The van der Waals surface area contributed by atoms with Crippen LogP contribution in [0.5, 0.6) is 5.75 Å². The minimum Gasteiger partial charge on any atom is -0.489 e. The number of H-pyrrole nitrogens is 1. The van der Waals surface area contributed by atoms with Crippen molar-refractivity contribution in [2.24, 2.45) is 0 Å². The van der Waals surface area contributed by atoms with Crippen molar-refractivity contribution >= 4 is 5.91 Å². The van der Waals surface area contributed by atoms with Crippen molar-refractivity contribution in [1.29, 1.82) is 0 Å². The Balaban J connectivity index is 1.41. The van der Waals surface area contributed by atoms with Crippen LogP contribution in [0.2, 0.25) is 0 Å². The van der Waals surface area contributed by atoms with Crippen LogP contribution >= 0.6 is 0 Å². The van der Waals surface area contributed by atoms with Gasteiger partial charge in [-0.2, -0.15) is 0 Å². The Hall–Kier alpha value is -4.41. The molecule has 0 spiro atoms. The fourth-order valence-electron chi connectivity index (χ4n) is 4.27. The smallest absolute Gasteiger partial charge is 0.440 e. The predicted octanol–water partition coefficient (Wildman–Crippen LogP) is 2.55. The van der Waals surface area contributed by atoms with Gasteiger partial charge in [-0.15, -0.1) is 4.74 Å². The highest BCUT2D eigenvalue weighted by molar-refractivity contribution is 5.95. The summed E-state index contributed by atoms with van der Waals surface area (Å²) in [4.78, 5) is 39.3. The number of hydrogen-bond acceptors (Lipinski definition) is 7. The number of amides is 1. The molecule has 1 heterocycles. The highest BCUT2D eigenvalue weighted by Crippen LogP contribution is 2.26. The van der Waals surface area contributed by atoms with Crippen LogP contribution in [0.25, 0.3) is 11.1 Å². The third-order valence-corrected chi connectivity index (χ3v) is 6.24. The number of aliphatic hydroxyl groups is 2. The molecule has 10 nitrogen and oxygen atoms in total. The lowest BCUT2D eigenvalue weighted by atomic mass is 9.97. The van der Waals surface area contributed by atoms with Crippen LogP contribution in [0, 0.1) is 6.92 Å². The van der Waals surface area contributed by atoms with Crippen LogP contribution in [0.15, 0.2) is 80.8 Å². The Morgan fingerprint density at radius 3 is 2.44 bits per heavy atom. The van der Waals surface area contributed by atoms with Gasteiger partial charge in [0.05, 0.1) is 13.2 Å². The monoisotopic (exact) mass is 533 g/mol. The summed E-state index contributed by atoms with van der Waals surface area (Å²) in [5, 5.41) is 18.4. The first-order chi connectivity index (χ1) is 18.9. The van der Waals surface area contributed by atoms with E-state index in [4.69, 9.17) is 14.4 Å². The Morgan fingerprint density at radius 2 is 1.77 bits per heavy atom. The Labute approximate surface area is 224 Å². The normalized spacial score (nSPS) is 10.9. The van der Waals surface area contributed by atoms with Gasteiger partial charge in [-0.1, -0.05) is 36.4 Å². The molecule has 10 heteroatoms. The Kier molecular flexibility index (Phi) is 9.14. The fourth-order valence-corrected chi connectivity index (χ4v) is 4.27. The number of aliphatic hydroxyl groups excluding tert-OH is 2. The lowest BCUT2D eigenvalue weighted by Crippen LogP contribution is -2.34. The first kappa shape index (κ1) is 27.6. The SMILES string of the molecule is Cc1cc(C(=O)N(CCO)CCCO)ccc1-c1cccc(COc2ccc(Cn3oc(=O)[nH]c3=O)cc2)c1. The van der Waals surface area contributed by atoms with Crippen LogP contribution < -0.4 is 16.2 Å². The summed E-state index contributed by atoms with van der Waals surface area (Å²) in [6.07, 6.45) is 0.455. The standard InChI is InChI=1S/C29H31N3O7/c1-20-16-24(27(35)31(13-15-34)12-3-14-33)8-11-26(20)23-5-2-4-22(17-23)19-38-25-9-6-21(7-10-25)18-32-28(36)30-29(37)39-32/h2,4-11,16-17,33-34H,3,12-15,18-19H2,1H3,(H,30,36,37). The van der Waals surface area contributed by atoms with Gasteiger partial charge in [-0.25, -0.2) is 14.6 Å². The maximum atomic E-state index is 12.9. The first-order valence-electron chi connectivity index (χ1n) is 12.6. The summed E-state index contributed by atoms with van der Waals surface area (Å²) in [5.74, 6) is -0.314. The molecule has 0 fully saturated rings. The van der Waals surface area contributed by atoms with Gasteiger partial charge >= 0.3 is 11.4 Å². The molecule has 204 valence electrons. The number of aromatic nitrogens is 2.